The number of esters is 1. The van der Waals surface area contributed by atoms with E-state index in [1.54, 1.807) is 0 Å². The molecule has 0 fully saturated rings. The van der Waals surface area contributed by atoms with Crippen molar-refractivity contribution in [2.75, 3.05) is 6.61 Å². The fourth-order valence-corrected chi connectivity index (χ4v) is 2.16. The van der Waals surface area contributed by atoms with Crippen molar-refractivity contribution in [3.05, 3.63) is 28.2 Å². The summed E-state index contributed by atoms with van der Waals surface area (Å²) in [4.78, 5) is 11.6. The predicted octanol–water partition coefficient (Wildman–Crippen LogP) is 3.67. The average Bonchev–Trinajstić information content (AvgIpc) is 2.33. The van der Waals surface area contributed by atoms with E-state index in [9.17, 15) is 4.79 Å². The van der Waals surface area contributed by atoms with Crippen LogP contribution in [0.2, 0.25) is 0 Å². The van der Waals surface area contributed by atoms with Crippen molar-refractivity contribution in [2.45, 2.75) is 52.8 Å². The summed E-state index contributed by atoms with van der Waals surface area (Å²) in [6, 6.07) is 5.82. The molecule has 1 N–H and O–H groups in total. The van der Waals surface area contributed by atoms with Gasteiger partial charge < -0.3 is 14.8 Å². The van der Waals surface area contributed by atoms with Crippen LogP contribution in [0, 0.1) is 0 Å². The van der Waals surface area contributed by atoms with Gasteiger partial charge in [-0.05, 0) is 56.6 Å². The van der Waals surface area contributed by atoms with Gasteiger partial charge >= 0.3 is 5.97 Å². The fraction of sp³-hybridized carbons (Fsp3) is 0.562. The molecule has 0 saturated heterocycles. The lowest BCUT2D eigenvalue weighted by atomic mass is 10.1. The lowest BCUT2D eigenvalue weighted by Crippen LogP contribution is -2.35. The second-order valence-electron chi connectivity index (χ2n) is 6.16. The number of hydrogen-bond acceptors (Lipinski definition) is 4. The van der Waals surface area contributed by atoms with Crippen LogP contribution in [-0.2, 0) is 16.1 Å². The van der Waals surface area contributed by atoms with Gasteiger partial charge in [0.25, 0.3) is 0 Å². The molecule has 0 aromatic heterocycles. The molecule has 0 spiro atoms. The number of carbonyl (C=O) groups excluding carboxylic acids is 1. The number of ether oxygens (including phenoxy) is 2. The Labute approximate surface area is 135 Å². The minimum Gasteiger partial charge on any atom is -0.480 e. The molecule has 0 aliphatic rings. The highest BCUT2D eigenvalue weighted by molar-refractivity contribution is 9.10. The van der Waals surface area contributed by atoms with E-state index in [0.29, 0.717) is 12.3 Å². The first-order valence-electron chi connectivity index (χ1n) is 7.04. The van der Waals surface area contributed by atoms with Gasteiger partial charge in [-0.3, -0.25) is 0 Å². The molecule has 4 nitrogen and oxygen atoms in total. The number of para-hydroxylation sites is 1. The number of hydrogen-bond donors (Lipinski definition) is 1. The summed E-state index contributed by atoms with van der Waals surface area (Å²) in [5, 5.41) is 3.41. The predicted molar refractivity (Wildman–Crippen MR) is 87.5 cm³/mol. The Bertz CT molecular complexity index is 481. The third kappa shape index (κ3) is 6.96. The van der Waals surface area contributed by atoms with Crippen LogP contribution >= 0.6 is 15.9 Å². The molecule has 0 aliphatic heterocycles. The van der Waals surface area contributed by atoms with Crippen molar-refractivity contribution in [2.24, 2.45) is 0 Å². The Balaban J connectivity index is 2.74. The molecule has 21 heavy (non-hydrogen) atoms. The van der Waals surface area contributed by atoms with Crippen molar-refractivity contribution in [1.82, 2.24) is 5.32 Å². The van der Waals surface area contributed by atoms with Crippen LogP contribution in [0.15, 0.2) is 22.7 Å². The average molecular weight is 358 g/mol. The largest absolute Gasteiger partial charge is 0.480 e. The minimum atomic E-state index is -0.365. The molecule has 0 unspecified atom stereocenters. The highest BCUT2D eigenvalue weighted by Gasteiger charge is 2.14. The molecule has 0 radical (unpaired) electrons. The smallest absolute Gasteiger partial charge is 0.344 e. The number of rotatable bonds is 6. The summed E-state index contributed by atoms with van der Waals surface area (Å²) in [5.41, 5.74) is 1.01. The summed E-state index contributed by atoms with van der Waals surface area (Å²) in [6.07, 6.45) is -0.137. The summed E-state index contributed by atoms with van der Waals surface area (Å²) >= 11 is 3.46. The molecule has 1 rings (SSSR count). The zero-order valence-corrected chi connectivity index (χ0v) is 14.9. The van der Waals surface area contributed by atoms with Crippen molar-refractivity contribution in [1.29, 1.82) is 0 Å². The molecule has 5 heteroatoms. The highest BCUT2D eigenvalue weighted by Crippen LogP contribution is 2.29. The van der Waals surface area contributed by atoms with Gasteiger partial charge in [-0.1, -0.05) is 12.1 Å². The van der Waals surface area contributed by atoms with Crippen LogP contribution in [-0.4, -0.2) is 24.2 Å². The van der Waals surface area contributed by atoms with Crippen molar-refractivity contribution >= 4 is 21.9 Å². The Morgan fingerprint density at radius 2 is 2.00 bits per heavy atom. The normalized spacial score (nSPS) is 11.6. The Kier molecular flexibility index (Phi) is 6.68. The molecular formula is C16H24BrNO3. The number of carbonyl (C=O) groups is 1. The molecule has 1 aromatic carbocycles. The van der Waals surface area contributed by atoms with Gasteiger partial charge in [0, 0.05) is 17.6 Å². The second kappa shape index (κ2) is 7.80. The van der Waals surface area contributed by atoms with E-state index >= 15 is 0 Å². The minimum absolute atomic E-state index is 0.0101. The van der Waals surface area contributed by atoms with Crippen LogP contribution in [0.5, 0.6) is 5.75 Å². The van der Waals surface area contributed by atoms with E-state index < -0.39 is 0 Å². The summed E-state index contributed by atoms with van der Waals surface area (Å²) in [6.45, 7) is 10.5. The SMILES string of the molecule is CC(C)OC(=O)COc1c(Br)cccc1CNC(C)(C)C. The quantitative estimate of drug-likeness (QED) is 0.789. The number of nitrogens with one attached hydrogen (secondary N) is 1. The topological polar surface area (TPSA) is 47.6 Å². The summed E-state index contributed by atoms with van der Waals surface area (Å²) in [5.74, 6) is 0.311. The summed E-state index contributed by atoms with van der Waals surface area (Å²) < 4.78 is 11.5. The molecular weight excluding hydrogens is 334 g/mol. The van der Waals surface area contributed by atoms with Crippen LogP contribution in [0.25, 0.3) is 0 Å². The molecule has 0 aliphatic carbocycles. The van der Waals surface area contributed by atoms with Gasteiger partial charge in [0.05, 0.1) is 10.6 Å². The van der Waals surface area contributed by atoms with Gasteiger partial charge in [-0.15, -0.1) is 0 Å². The number of benzene rings is 1. The van der Waals surface area contributed by atoms with Crippen molar-refractivity contribution in [3.8, 4) is 5.75 Å². The molecule has 1 aromatic rings. The lowest BCUT2D eigenvalue weighted by molar-refractivity contribution is -0.149. The van der Waals surface area contributed by atoms with Gasteiger partial charge in [-0.25, -0.2) is 4.79 Å². The first kappa shape index (κ1) is 18.0. The maximum absolute atomic E-state index is 11.6. The molecule has 0 atom stereocenters. The molecule has 118 valence electrons. The lowest BCUT2D eigenvalue weighted by Gasteiger charge is -2.22. The monoisotopic (exact) mass is 357 g/mol. The van der Waals surface area contributed by atoms with Gasteiger partial charge in [0.1, 0.15) is 5.75 Å². The maximum Gasteiger partial charge on any atom is 0.344 e. The van der Waals surface area contributed by atoms with Crippen molar-refractivity contribution in [3.63, 3.8) is 0 Å². The van der Waals surface area contributed by atoms with Crippen molar-refractivity contribution < 1.29 is 14.3 Å². The Morgan fingerprint density at radius 1 is 1.33 bits per heavy atom. The third-order valence-electron chi connectivity index (χ3n) is 2.56. The molecule has 0 bridgehead atoms. The summed E-state index contributed by atoms with van der Waals surface area (Å²) in [7, 11) is 0. The molecule has 0 amide bonds. The zero-order valence-electron chi connectivity index (χ0n) is 13.3. The van der Waals surface area contributed by atoms with Gasteiger partial charge in [0.15, 0.2) is 6.61 Å². The Morgan fingerprint density at radius 3 is 2.57 bits per heavy atom. The highest BCUT2D eigenvalue weighted by atomic mass is 79.9. The van der Waals surface area contributed by atoms with E-state index in [-0.39, 0.29) is 24.2 Å². The standard InChI is InChI=1S/C16H24BrNO3/c1-11(2)21-14(19)10-20-15-12(7-6-8-13(15)17)9-18-16(3,4)5/h6-8,11,18H,9-10H2,1-5H3. The second-order valence-corrected chi connectivity index (χ2v) is 7.01. The third-order valence-corrected chi connectivity index (χ3v) is 3.18. The Hall–Kier alpha value is -1.07. The zero-order chi connectivity index (χ0) is 16.0. The van der Waals surface area contributed by atoms with E-state index in [1.807, 2.05) is 32.0 Å². The molecule has 0 heterocycles. The molecule has 0 saturated carbocycles. The number of halogens is 1. The van der Waals surface area contributed by atoms with E-state index in [2.05, 4.69) is 42.0 Å². The van der Waals surface area contributed by atoms with E-state index in [4.69, 9.17) is 9.47 Å². The van der Waals surface area contributed by atoms with Crippen LogP contribution in [0.3, 0.4) is 0 Å². The van der Waals surface area contributed by atoms with Crippen LogP contribution in [0.4, 0.5) is 0 Å². The first-order chi connectivity index (χ1) is 9.69. The van der Waals surface area contributed by atoms with Crippen LogP contribution in [0.1, 0.15) is 40.2 Å². The fourth-order valence-electron chi connectivity index (χ4n) is 1.64. The first-order valence-corrected chi connectivity index (χ1v) is 7.83. The van der Waals surface area contributed by atoms with Gasteiger partial charge in [0.2, 0.25) is 0 Å². The van der Waals surface area contributed by atoms with E-state index in [1.165, 1.54) is 0 Å². The van der Waals surface area contributed by atoms with Crippen LogP contribution < -0.4 is 10.1 Å². The van der Waals surface area contributed by atoms with Gasteiger partial charge in [-0.2, -0.15) is 0 Å². The van der Waals surface area contributed by atoms with E-state index in [0.717, 1.165) is 10.0 Å². The maximum atomic E-state index is 11.6.